The van der Waals surface area contributed by atoms with Gasteiger partial charge in [-0.15, -0.1) is 11.8 Å². The first-order valence-corrected chi connectivity index (χ1v) is 13.5. The van der Waals surface area contributed by atoms with E-state index in [0.717, 1.165) is 41.4 Å². The van der Waals surface area contributed by atoms with Crippen LogP contribution < -0.4 is 10.5 Å². The van der Waals surface area contributed by atoms with Crippen LogP contribution in [-0.2, 0) is 11.2 Å². The zero-order valence-electron chi connectivity index (χ0n) is 19.4. The van der Waals surface area contributed by atoms with Crippen molar-refractivity contribution in [3.8, 4) is 5.69 Å². The number of carbonyl (C=O) groups excluding carboxylic acids is 1. The van der Waals surface area contributed by atoms with Gasteiger partial charge >= 0.3 is 0 Å². The van der Waals surface area contributed by atoms with Crippen molar-refractivity contribution in [3.63, 3.8) is 0 Å². The maximum Gasteiger partial charge on any atom is 0.272 e. The lowest BCUT2D eigenvalue weighted by atomic mass is 10.2. The first-order chi connectivity index (χ1) is 16.5. The van der Waals surface area contributed by atoms with E-state index in [1.807, 2.05) is 54.3 Å². The van der Waals surface area contributed by atoms with Crippen molar-refractivity contribution < 1.29 is 4.79 Å². The van der Waals surface area contributed by atoms with Crippen LogP contribution in [0.1, 0.15) is 18.2 Å². The Morgan fingerprint density at radius 1 is 1.03 bits per heavy atom. The summed E-state index contributed by atoms with van der Waals surface area (Å²) in [7, 11) is 0. The van der Waals surface area contributed by atoms with Crippen LogP contribution >= 0.6 is 23.5 Å². The number of hydrogen-bond acceptors (Lipinski definition) is 6. The molecule has 0 saturated carbocycles. The predicted octanol–water partition coefficient (Wildman–Crippen LogP) is 4.02. The number of benzene rings is 2. The lowest BCUT2D eigenvalue weighted by molar-refractivity contribution is -0.128. The molecule has 0 aliphatic carbocycles. The predicted molar refractivity (Wildman–Crippen MR) is 140 cm³/mol. The molecule has 6 nitrogen and oxygen atoms in total. The van der Waals surface area contributed by atoms with Crippen LogP contribution in [0.4, 0.5) is 5.69 Å². The van der Waals surface area contributed by atoms with Crippen LogP contribution in [0.5, 0.6) is 0 Å². The monoisotopic (exact) mass is 492 g/mol. The average Bonchev–Trinajstić information content (AvgIpc) is 3.24. The minimum atomic E-state index is -0.0328. The van der Waals surface area contributed by atoms with E-state index >= 15 is 0 Å². The van der Waals surface area contributed by atoms with E-state index in [-0.39, 0.29) is 17.2 Å². The summed E-state index contributed by atoms with van der Waals surface area (Å²) < 4.78 is 1.68. The molecule has 34 heavy (non-hydrogen) atoms. The van der Waals surface area contributed by atoms with E-state index in [0.29, 0.717) is 23.5 Å². The molecule has 0 N–H and O–H groups in total. The van der Waals surface area contributed by atoms with Crippen LogP contribution in [0.3, 0.4) is 0 Å². The van der Waals surface area contributed by atoms with Crippen LogP contribution in [-0.4, -0.2) is 57.5 Å². The number of thioether (sulfide) groups is 2. The van der Waals surface area contributed by atoms with E-state index in [9.17, 15) is 9.59 Å². The zero-order valence-corrected chi connectivity index (χ0v) is 21.1. The summed E-state index contributed by atoms with van der Waals surface area (Å²) in [5, 5.41) is 0.933. The highest BCUT2D eigenvalue weighted by Gasteiger charge is 2.28. The Hall–Kier alpha value is -2.71. The number of anilines is 1. The highest BCUT2D eigenvalue weighted by Crippen LogP contribution is 2.35. The van der Waals surface area contributed by atoms with E-state index < -0.39 is 0 Å². The van der Waals surface area contributed by atoms with Crippen molar-refractivity contribution in [2.24, 2.45) is 0 Å². The number of aryl methyl sites for hydroxylation is 1. The number of carbonyl (C=O) groups is 1. The largest absolute Gasteiger partial charge is 0.368 e. The average molecular weight is 493 g/mol. The standard InChI is InChI=1S/C26H28N4O2S2/c1-18-8-10-21(11-9-18)30-25(32)24-22(16-19(2)34-24)27-26(30)33-17-23(31)29-14-12-28(13-15-29)20-6-4-3-5-7-20/h3-11,19H,12-17H2,1-2H3/t19-/m0/s1. The van der Waals surface area contributed by atoms with Crippen molar-refractivity contribution in [1.82, 2.24) is 14.5 Å². The van der Waals surface area contributed by atoms with Crippen molar-refractivity contribution in [3.05, 3.63) is 76.2 Å². The summed E-state index contributed by atoms with van der Waals surface area (Å²) >= 11 is 2.96. The Kier molecular flexibility index (Phi) is 6.70. The maximum atomic E-state index is 13.4. The second-order valence-electron chi connectivity index (χ2n) is 8.77. The van der Waals surface area contributed by atoms with Gasteiger partial charge in [0.2, 0.25) is 5.91 Å². The van der Waals surface area contributed by atoms with Gasteiger partial charge in [0, 0.05) is 43.5 Å². The summed E-state index contributed by atoms with van der Waals surface area (Å²) in [6, 6.07) is 18.2. The first kappa shape index (κ1) is 23.1. The van der Waals surface area contributed by atoms with Crippen LogP contribution in [0.25, 0.3) is 5.69 Å². The highest BCUT2D eigenvalue weighted by atomic mass is 32.2. The van der Waals surface area contributed by atoms with Gasteiger partial charge < -0.3 is 9.80 Å². The van der Waals surface area contributed by atoms with Crippen LogP contribution in [0.2, 0.25) is 0 Å². The number of piperazine rings is 1. The maximum absolute atomic E-state index is 13.4. The number of aromatic nitrogens is 2. The van der Waals surface area contributed by atoms with E-state index in [1.165, 1.54) is 17.4 Å². The van der Waals surface area contributed by atoms with Gasteiger partial charge in [-0.1, -0.05) is 54.6 Å². The number of rotatable bonds is 5. The molecule has 3 aromatic rings. The molecule has 0 bridgehead atoms. The smallest absolute Gasteiger partial charge is 0.272 e. The van der Waals surface area contributed by atoms with Crippen molar-refractivity contribution >= 4 is 35.1 Å². The number of amides is 1. The normalized spacial score (nSPS) is 17.6. The molecule has 2 aliphatic heterocycles. The van der Waals surface area contributed by atoms with Crippen LogP contribution in [0.15, 0.2) is 69.4 Å². The number of para-hydroxylation sites is 1. The summed E-state index contributed by atoms with van der Waals surface area (Å²) in [4.78, 5) is 36.3. The Balaban J connectivity index is 1.32. The fraction of sp³-hybridized carbons (Fsp3) is 0.346. The Labute approximate surface area is 208 Å². The Morgan fingerprint density at radius 3 is 2.44 bits per heavy atom. The molecule has 1 amide bonds. The fourth-order valence-corrected chi connectivity index (χ4v) is 6.42. The molecule has 1 saturated heterocycles. The molecule has 1 atom stereocenters. The third kappa shape index (κ3) is 4.74. The topological polar surface area (TPSA) is 58.4 Å². The molecule has 2 aliphatic rings. The van der Waals surface area contributed by atoms with Crippen molar-refractivity contribution in [2.45, 2.75) is 35.6 Å². The van der Waals surface area contributed by atoms with Gasteiger partial charge in [-0.2, -0.15) is 0 Å². The van der Waals surface area contributed by atoms with Gasteiger partial charge in [0.05, 0.1) is 22.0 Å². The molecule has 1 fully saturated rings. The molecule has 0 unspecified atom stereocenters. The van der Waals surface area contributed by atoms with E-state index in [4.69, 9.17) is 4.98 Å². The number of nitrogens with zero attached hydrogens (tertiary/aromatic N) is 4. The van der Waals surface area contributed by atoms with Crippen molar-refractivity contribution in [2.75, 3.05) is 36.8 Å². The highest BCUT2D eigenvalue weighted by molar-refractivity contribution is 8.00. The summed E-state index contributed by atoms with van der Waals surface area (Å²) in [6.07, 6.45) is 0.785. The van der Waals surface area contributed by atoms with Gasteiger partial charge in [0.25, 0.3) is 5.56 Å². The molecule has 2 aromatic carbocycles. The Bertz CT molecular complexity index is 1240. The lowest BCUT2D eigenvalue weighted by Gasteiger charge is -2.36. The van der Waals surface area contributed by atoms with Gasteiger partial charge in [-0.25, -0.2) is 4.98 Å². The number of hydrogen-bond donors (Lipinski definition) is 0. The molecule has 5 rings (SSSR count). The van der Waals surface area contributed by atoms with Crippen LogP contribution in [0, 0.1) is 6.92 Å². The Morgan fingerprint density at radius 2 is 1.74 bits per heavy atom. The zero-order chi connectivity index (χ0) is 23.7. The molecular formula is C26H28N4O2S2. The van der Waals surface area contributed by atoms with E-state index in [2.05, 4.69) is 24.0 Å². The van der Waals surface area contributed by atoms with E-state index in [1.54, 1.807) is 16.3 Å². The molecule has 0 spiro atoms. The lowest BCUT2D eigenvalue weighted by Crippen LogP contribution is -2.49. The summed E-state index contributed by atoms with van der Waals surface area (Å²) in [6.45, 7) is 7.18. The molecular weight excluding hydrogens is 464 g/mol. The molecule has 3 heterocycles. The second-order valence-corrected chi connectivity index (χ2v) is 11.2. The molecule has 1 aromatic heterocycles. The van der Waals surface area contributed by atoms with Gasteiger partial charge in [-0.05, 0) is 31.2 Å². The minimum absolute atomic E-state index is 0.0328. The SMILES string of the molecule is Cc1ccc(-n2c(SCC(=O)N3CCN(c4ccccc4)CC3)nc3c(c2=O)S[C@@H](C)C3)cc1. The van der Waals surface area contributed by atoms with Crippen molar-refractivity contribution in [1.29, 1.82) is 0 Å². The minimum Gasteiger partial charge on any atom is -0.368 e. The molecule has 0 radical (unpaired) electrons. The first-order valence-electron chi connectivity index (χ1n) is 11.6. The second kappa shape index (κ2) is 9.88. The quantitative estimate of drug-likeness (QED) is 0.396. The molecule has 8 heteroatoms. The van der Waals surface area contributed by atoms with Gasteiger partial charge in [0.15, 0.2) is 5.16 Å². The summed E-state index contributed by atoms with van der Waals surface area (Å²) in [5.74, 6) is 0.358. The number of fused-ring (bicyclic) bond motifs is 1. The third-order valence-corrected chi connectivity index (χ3v) is 8.39. The molecule has 176 valence electrons. The van der Waals surface area contributed by atoms with Gasteiger partial charge in [0.1, 0.15) is 0 Å². The van der Waals surface area contributed by atoms with Gasteiger partial charge in [-0.3, -0.25) is 14.2 Å². The fourth-order valence-electron chi connectivity index (χ4n) is 4.39. The summed E-state index contributed by atoms with van der Waals surface area (Å²) in [5.41, 5.74) is 3.94. The third-order valence-electron chi connectivity index (χ3n) is 6.25.